The Kier molecular flexibility index (Phi) is 5.14. The molecular weight excluding hydrogens is 334 g/mol. The molecule has 9 heteroatoms. The van der Waals surface area contributed by atoms with Gasteiger partial charge < -0.3 is 4.90 Å². The summed E-state index contributed by atoms with van der Waals surface area (Å²) in [6.07, 6.45) is 0. The van der Waals surface area contributed by atoms with E-state index in [0.717, 1.165) is 17.8 Å². The lowest BCUT2D eigenvalue weighted by Crippen LogP contribution is -2.22. The van der Waals surface area contributed by atoms with E-state index in [1.165, 1.54) is 17.0 Å². The first-order valence-electron chi connectivity index (χ1n) is 6.72. The first-order chi connectivity index (χ1) is 11.3. The molecule has 0 unspecified atom stereocenters. The standard InChI is InChI=1S/C15H13N3O5S/c1-16(2)15(19)11-5-3-4-6-13(11)24-14-8-7-10(17(20)21)9-12(14)18(22)23/h3-9H,1-2H3. The van der Waals surface area contributed by atoms with Gasteiger partial charge >= 0.3 is 0 Å². The molecule has 0 bridgehead atoms. The van der Waals surface area contributed by atoms with E-state index >= 15 is 0 Å². The summed E-state index contributed by atoms with van der Waals surface area (Å²) in [4.78, 5) is 35.0. The zero-order valence-electron chi connectivity index (χ0n) is 12.8. The zero-order chi connectivity index (χ0) is 17.9. The lowest BCUT2D eigenvalue weighted by Gasteiger charge is -2.13. The Balaban J connectivity index is 2.47. The molecular formula is C15H13N3O5S. The van der Waals surface area contributed by atoms with Crippen LogP contribution >= 0.6 is 11.8 Å². The van der Waals surface area contributed by atoms with E-state index in [-0.39, 0.29) is 22.2 Å². The molecule has 0 saturated heterocycles. The van der Waals surface area contributed by atoms with E-state index < -0.39 is 9.85 Å². The maximum Gasteiger partial charge on any atom is 0.290 e. The summed E-state index contributed by atoms with van der Waals surface area (Å²) in [7, 11) is 3.22. The fourth-order valence-corrected chi connectivity index (χ4v) is 2.96. The number of nitrogens with zero attached hydrogens (tertiary/aromatic N) is 3. The van der Waals surface area contributed by atoms with Gasteiger partial charge in [-0.2, -0.15) is 0 Å². The Morgan fingerprint density at radius 2 is 1.67 bits per heavy atom. The molecule has 2 rings (SSSR count). The van der Waals surface area contributed by atoms with Gasteiger partial charge in [0, 0.05) is 25.1 Å². The van der Waals surface area contributed by atoms with Gasteiger partial charge in [-0.15, -0.1) is 0 Å². The predicted octanol–water partition coefficient (Wildman–Crippen LogP) is 3.36. The van der Waals surface area contributed by atoms with Crippen molar-refractivity contribution < 1.29 is 14.6 Å². The Morgan fingerprint density at radius 3 is 2.25 bits per heavy atom. The second-order valence-electron chi connectivity index (χ2n) is 4.96. The summed E-state index contributed by atoms with van der Waals surface area (Å²) in [5, 5.41) is 22.0. The molecule has 8 nitrogen and oxygen atoms in total. The molecule has 0 atom stereocenters. The molecule has 0 saturated carbocycles. The van der Waals surface area contributed by atoms with Crippen molar-refractivity contribution in [3.05, 3.63) is 68.3 Å². The van der Waals surface area contributed by atoms with E-state index in [0.29, 0.717) is 10.5 Å². The number of amides is 1. The minimum atomic E-state index is -0.690. The molecule has 2 aromatic carbocycles. The Morgan fingerprint density at radius 1 is 1.00 bits per heavy atom. The lowest BCUT2D eigenvalue weighted by molar-refractivity contribution is -0.396. The third kappa shape index (κ3) is 3.69. The monoisotopic (exact) mass is 347 g/mol. The van der Waals surface area contributed by atoms with Gasteiger partial charge in [0.15, 0.2) is 0 Å². The zero-order valence-corrected chi connectivity index (χ0v) is 13.6. The number of rotatable bonds is 5. The molecule has 0 aromatic heterocycles. The van der Waals surface area contributed by atoms with E-state index in [4.69, 9.17) is 0 Å². The molecule has 24 heavy (non-hydrogen) atoms. The smallest absolute Gasteiger partial charge is 0.290 e. The lowest BCUT2D eigenvalue weighted by atomic mass is 10.2. The molecule has 2 aromatic rings. The highest BCUT2D eigenvalue weighted by Crippen LogP contribution is 2.38. The highest BCUT2D eigenvalue weighted by atomic mass is 32.2. The number of hydrogen-bond acceptors (Lipinski definition) is 6. The van der Waals surface area contributed by atoms with Crippen molar-refractivity contribution >= 4 is 29.0 Å². The largest absolute Gasteiger partial charge is 0.345 e. The number of carbonyl (C=O) groups excluding carboxylic acids is 1. The van der Waals surface area contributed by atoms with Crippen molar-refractivity contribution in [2.75, 3.05) is 14.1 Å². The van der Waals surface area contributed by atoms with E-state index in [1.54, 1.807) is 38.4 Å². The van der Waals surface area contributed by atoms with Crippen LogP contribution in [0.1, 0.15) is 10.4 Å². The van der Waals surface area contributed by atoms with Gasteiger partial charge in [0.25, 0.3) is 17.3 Å². The normalized spacial score (nSPS) is 10.2. The van der Waals surface area contributed by atoms with Crippen LogP contribution in [0.15, 0.2) is 52.3 Å². The number of non-ortho nitro benzene ring substituents is 1. The highest BCUT2D eigenvalue weighted by Gasteiger charge is 2.22. The third-order valence-electron chi connectivity index (χ3n) is 3.09. The van der Waals surface area contributed by atoms with Gasteiger partial charge in [-0.1, -0.05) is 23.9 Å². The van der Waals surface area contributed by atoms with Gasteiger partial charge in [0.05, 0.1) is 26.4 Å². The molecule has 0 fully saturated rings. The van der Waals surface area contributed by atoms with Crippen LogP contribution in [-0.2, 0) is 0 Å². The van der Waals surface area contributed by atoms with Crippen molar-refractivity contribution in [3.63, 3.8) is 0 Å². The van der Waals surface area contributed by atoms with Crippen molar-refractivity contribution in [1.82, 2.24) is 4.90 Å². The first kappa shape index (κ1) is 17.4. The molecule has 0 heterocycles. The Labute approximate surface area is 141 Å². The topological polar surface area (TPSA) is 107 Å². The van der Waals surface area contributed by atoms with Crippen molar-refractivity contribution in [3.8, 4) is 0 Å². The maximum atomic E-state index is 12.2. The van der Waals surface area contributed by atoms with Crippen LogP contribution in [0.4, 0.5) is 11.4 Å². The number of carbonyl (C=O) groups is 1. The average Bonchev–Trinajstić information content (AvgIpc) is 2.54. The Bertz CT molecular complexity index is 823. The molecule has 0 aliphatic rings. The van der Waals surface area contributed by atoms with Crippen molar-refractivity contribution in [2.45, 2.75) is 9.79 Å². The summed E-state index contributed by atoms with van der Waals surface area (Å²) in [5.41, 5.74) is -0.329. The van der Waals surface area contributed by atoms with Crippen molar-refractivity contribution in [2.24, 2.45) is 0 Å². The number of nitro benzene ring substituents is 2. The van der Waals surface area contributed by atoms with Gasteiger partial charge in [-0.25, -0.2) is 0 Å². The summed E-state index contributed by atoms with van der Waals surface area (Å²) in [6.45, 7) is 0. The van der Waals surface area contributed by atoms with Crippen LogP contribution in [-0.4, -0.2) is 34.7 Å². The van der Waals surface area contributed by atoms with Gasteiger partial charge in [0.2, 0.25) is 0 Å². The fourth-order valence-electron chi connectivity index (χ4n) is 1.94. The molecule has 1 amide bonds. The number of nitro groups is 2. The SMILES string of the molecule is CN(C)C(=O)c1ccccc1Sc1ccc([N+](=O)[O-])cc1[N+](=O)[O-]. The van der Waals surface area contributed by atoms with Crippen LogP contribution in [0.3, 0.4) is 0 Å². The predicted molar refractivity (Wildman–Crippen MR) is 88.3 cm³/mol. The van der Waals surface area contributed by atoms with Crippen LogP contribution in [0, 0.1) is 20.2 Å². The van der Waals surface area contributed by atoms with E-state index in [2.05, 4.69) is 0 Å². The second-order valence-corrected chi connectivity index (χ2v) is 6.05. The second kappa shape index (κ2) is 7.09. The third-order valence-corrected chi connectivity index (χ3v) is 4.23. The summed E-state index contributed by atoms with van der Waals surface area (Å²) >= 11 is 1.02. The summed E-state index contributed by atoms with van der Waals surface area (Å²) in [5.74, 6) is -0.234. The number of benzene rings is 2. The molecule has 124 valence electrons. The Hall–Kier alpha value is -2.94. The van der Waals surface area contributed by atoms with E-state index in [1.807, 2.05) is 0 Å². The maximum absolute atomic E-state index is 12.2. The van der Waals surface area contributed by atoms with Crippen LogP contribution in [0.2, 0.25) is 0 Å². The quantitative estimate of drug-likeness (QED) is 0.606. The minimum absolute atomic E-state index is 0.226. The van der Waals surface area contributed by atoms with E-state index in [9.17, 15) is 25.0 Å². The first-order valence-corrected chi connectivity index (χ1v) is 7.54. The molecule has 0 spiro atoms. The molecule has 0 aliphatic heterocycles. The van der Waals surface area contributed by atoms with Gasteiger partial charge in [0.1, 0.15) is 0 Å². The van der Waals surface area contributed by atoms with Crippen molar-refractivity contribution in [1.29, 1.82) is 0 Å². The minimum Gasteiger partial charge on any atom is -0.345 e. The molecule has 0 aliphatic carbocycles. The number of hydrogen-bond donors (Lipinski definition) is 0. The summed E-state index contributed by atoms with van der Waals surface area (Å²) in [6, 6.07) is 10.1. The molecule has 0 radical (unpaired) electrons. The average molecular weight is 347 g/mol. The summed E-state index contributed by atoms with van der Waals surface area (Å²) < 4.78 is 0. The molecule has 0 N–H and O–H groups in total. The van der Waals surface area contributed by atoms with Gasteiger partial charge in [-0.3, -0.25) is 25.0 Å². The van der Waals surface area contributed by atoms with Crippen LogP contribution < -0.4 is 0 Å². The highest BCUT2D eigenvalue weighted by molar-refractivity contribution is 7.99. The fraction of sp³-hybridized carbons (Fsp3) is 0.133. The van der Waals surface area contributed by atoms with Gasteiger partial charge in [-0.05, 0) is 18.2 Å². The van der Waals surface area contributed by atoms with Crippen LogP contribution in [0.5, 0.6) is 0 Å². The van der Waals surface area contributed by atoms with Crippen LogP contribution in [0.25, 0.3) is 0 Å².